The fourth-order valence-corrected chi connectivity index (χ4v) is 5.46. The molecular formula is C27H25N3O3S. The molecule has 34 heavy (non-hydrogen) atoms. The lowest BCUT2D eigenvalue weighted by Gasteiger charge is -2.15. The highest BCUT2D eigenvalue weighted by atomic mass is 32.2. The molecule has 0 spiro atoms. The molecule has 0 saturated carbocycles. The van der Waals surface area contributed by atoms with Gasteiger partial charge in [0.25, 0.3) is 0 Å². The van der Waals surface area contributed by atoms with Gasteiger partial charge in [-0.25, -0.2) is 4.98 Å². The van der Waals surface area contributed by atoms with Crippen molar-refractivity contribution in [2.75, 3.05) is 5.88 Å². The van der Waals surface area contributed by atoms with Crippen molar-refractivity contribution >= 4 is 34.9 Å². The molecular weight excluding hydrogens is 446 g/mol. The molecule has 2 unspecified atom stereocenters. The topological polar surface area (TPSA) is 73.2 Å². The van der Waals surface area contributed by atoms with Crippen LogP contribution in [0.1, 0.15) is 16.7 Å². The number of nitrogens with one attached hydrogen (secondary N) is 1. The number of aromatic nitrogens is 2. The molecule has 6 nitrogen and oxygen atoms in total. The number of benzene rings is 3. The highest BCUT2D eigenvalue weighted by Gasteiger charge is 2.32. The van der Waals surface area contributed by atoms with Crippen LogP contribution in [0.2, 0.25) is 0 Å². The minimum atomic E-state index is -0.399. The number of carbonyl (C=O) groups excluding carboxylic acids is 2. The van der Waals surface area contributed by atoms with Gasteiger partial charge in [-0.2, -0.15) is 0 Å². The number of imidazole rings is 1. The minimum Gasteiger partial charge on any atom is -0.489 e. The van der Waals surface area contributed by atoms with Crippen molar-refractivity contribution in [2.24, 2.45) is 0 Å². The first-order valence-corrected chi connectivity index (χ1v) is 12.3. The number of ketones is 1. The Kier molecular flexibility index (Phi) is 6.74. The SMILES string of the molecule is O=CC(=O)C1NCSC1Cc1ccc(OCc2ccc3c(c2)ncn3Cc2ccccc2)cc1. The van der Waals surface area contributed by atoms with Crippen molar-refractivity contribution < 1.29 is 14.3 Å². The Balaban J connectivity index is 1.19. The van der Waals surface area contributed by atoms with E-state index in [9.17, 15) is 9.59 Å². The molecule has 3 aromatic carbocycles. The van der Waals surface area contributed by atoms with Crippen molar-refractivity contribution in [1.82, 2.24) is 14.9 Å². The smallest absolute Gasteiger partial charge is 0.213 e. The first kappa shape index (κ1) is 22.4. The number of hydrogen-bond donors (Lipinski definition) is 1. The van der Waals surface area contributed by atoms with Gasteiger partial charge in [0.1, 0.15) is 12.4 Å². The molecule has 172 valence electrons. The maximum absolute atomic E-state index is 11.8. The number of carbonyl (C=O) groups is 2. The highest BCUT2D eigenvalue weighted by Crippen LogP contribution is 2.26. The van der Waals surface area contributed by atoms with Crippen LogP contribution in [-0.2, 0) is 29.2 Å². The molecule has 4 aromatic rings. The third-order valence-electron chi connectivity index (χ3n) is 6.04. The third kappa shape index (κ3) is 5.05. The van der Waals surface area contributed by atoms with E-state index in [1.54, 1.807) is 11.8 Å². The van der Waals surface area contributed by atoms with Crippen LogP contribution >= 0.6 is 11.8 Å². The molecule has 1 fully saturated rings. The lowest BCUT2D eigenvalue weighted by atomic mass is 10.0. The Hall–Kier alpha value is -3.42. The molecule has 1 aromatic heterocycles. The molecule has 1 aliphatic rings. The van der Waals surface area contributed by atoms with E-state index < -0.39 is 6.04 Å². The van der Waals surface area contributed by atoms with E-state index in [0.29, 0.717) is 18.8 Å². The maximum Gasteiger partial charge on any atom is 0.213 e. The normalized spacial score (nSPS) is 17.6. The van der Waals surface area contributed by atoms with Crippen molar-refractivity contribution in [2.45, 2.75) is 30.9 Å². The molecule has 2 atom stereocenters. The average molecular weight is 472 g/mol. The fraction of sp³-hybridized carbons (Fsp3) is 0.222. The lowest BCUT2D eigenvalue weighted by Crippen LogP contribution is -2.39. The van der Waals surface area contributed by atoms with Crippen molar-refractivity contribution in [3.8, 4) is 5.75 Å². The number of aldehydes is 1. The molecule has 0 bridgehead atoms. The standard InChI is InChI=1S/C27H25N3O3S/c31-15-25(32)27-26(34-18-29-27)13-19-6-9-22(10-7-19)33-16-21-8-11-24-23(12-21)28-17-30(24)14-20-4-2-1-3-5-20/h1-12,15,17,26-27,29H,13-14,16,18H2. The van der Waals surface area contributed by atoms with Gasteiger partial charge in [0.05, 0.1) is 23.4 Å². The van der Waals surface area contributed by atoms with Gasteiger partial charge in [-0.3, -0.25) is 14.9 Å². The summed E-state index contributed by atoms with van der Waals surface area (Å²) < 4.78 is 8.14. The quantitative estimate of drug-likeness (QED) is 0.294. The third-order valence-corrected chi connectivity index (χ3v) is 7.24. The van der Waals surface area contributed by atoms with Gasteiger partial charge >= 0.3 is 0 Å². The Morgan fingerprint density at radius 3 is 2.65 bits per heavy atom. The predicted octanol–water partition coefficient (Wildman–Crippen LogP) is 4.01. The van der Waals surface area contributed by atoms with E-state index in [1.165, 1.54) is 5.56 Å². The molecule has 0 amide bonds. The number of nitrogens with zero attached hydrogens (tertiary/aromatic N) is 2. The molecule has 5 rings (SSSR count). The number of rotatable bonds is 9. The van der Waals surface area contributed by atoms with Crippen LogP contribution in [0, 0.1) is 0 Å². The summed E-state index contributed by atoms with van der Waals surface area (Å²) >= 11 is 1.67. The van der Waals surface area contributed by atoms with Gasteiger partial charge in [0.2, 0.25) is 5.78 Å². The predicted molar refractivity (Wildman–Crippen MR) is 134 cm³/mol. The Morgan fingerprint density at radius 2 is 1.85 bits per heavy atom. The monoisotopic (exact) mass is 471 g/mol. The minimum absolute atomic E-state index is 0.0675. The highest BCUT2D eigenvalue weighted by molar-refractivity contribution is 8.00. The molecule has 7 heteroatoms. The largest absolute Gasteiger partial charge is 0.489 e. The van der Waals surface area contributed by atoms with Crippen LogP contribution in [0.4, 0.5) is 0 Å². The van der Waals surface area contributed by atoms with Gasteiger partial charge in [-0.05, 0) is 47.4 Å². The van der Waals surface area contributed by atoms with Gasteiger partial charge < -0.3 is 9.30 Å². The number of Topliss-reactive ketones (excluding diaryl/α,β-unsaturated/α-hetero) is 1. The summed E-state index contributed by atoms with van der Waals surface area (Å²) in [6, 6.07) is 24.1. The van der Waals surface area contributed by atoms with Crippen LogP contribution in [0.5, 0.6) is 5.75 Å². The average Bonchev–Trinajstić information content (AvgIpc) is 3.50. The summed E-state index contributed by atoms with van der Waals surface area (Å²) in [7, 11) is 0. The second kappa shape index (κ2) is 10.2. The Morgan fingerprint density at radius 1 is 1.06 bits per heavy atom. The summed E-state index contributed by atoms with van der Waals surface area (Å²) in [4.78, 5) is 27.2. The van der Waals surface area contributed by atoms with Crippen molar-refractivity contribution in [3.63, 3.8) is 0 Å². The zero-order valence-corrected chi connectivity index (χ0v) is 19.4. The number of thioether (sulfide) groups is 1. The van der Waals surface area contributed by atoms with Crippen LogP contribution in [0.25, 0.3) is 11.0 Å². The summed E-state index contributed by atoms with van der Waals surface area (Å²) in [5, 5.41) is 3.17. The summed E-state index contributed by atoms with van der Waals surface area (Å²) in [6.07, 6.45) is 3.02. The number of ether oxygens (including phenoxy) is 1. The summed E-state index contributed by atoms with van der Waals surface area (Å²) in [5.41, 5.74) is 5.47. The van der Waals surface area contributed by atoms with E-state index in [0.717, 1.165) is 40.9 Å². The summed E-state index contributed by atoms with van der Waals surface area (Å²) in [5.74, 6) is 1.10. The molecule has 1 N–H and O–H groups in total. The van der Waals surface area contributed by atoms with E-state index in [-0.39, 0.29) is 11.0 Å². The van der Waals surface area contributed by atoms with Crippen LogP contribution in [0.3, 0.4) is 0 Å². The van der Waals surface area contributed by atoms with Gasteiger partial charge in [-0.15, -0.1) is 11.8 Å². The second-order valence-corrected chi connectivity index (χ2v) is 9.60. The van der Waals surface area contributed by atoms with E-state index in [1.807, 2.05) is 48.8 Å². The molecule has 0 aliphatic carbocycles. The maximum atomic E-state index is 11.8. The van der Waals surface area contributed by atoms with E-state index >= 15 is 0 Å². The Labute approximate surface area is 202 Å². The summed E-state index contributed by atoms with van der Waals surface area (Å²) in [6.45, 7) is 1.25. The van der Waals surface area contributed by atoms with Crippen molar-refractivity contribution in [3.05, 3.63) is 95.8 Å². The van der Waals surface area contributed by atoms with Gasteiger partial charge in [0.15, 0.2) is 6.29 Å². The van der Waals surface area contributed by atoms with Crippen LogP contribution in [-0.4, -0.2) is 38.8 Å². The molecule has 1 aliphatic heterocycles. The zero-order valence-electron chi connectivity index (χ0n) is 18.6. The number of hydrogen-bond acceptors (Lipinski definition) is 6. The van der Waals surface area contributed by atoms with E-state index in [2.05, 4.69) is 45.2 Å². The fourth-order valence-electron chi connectivity index (χ4n) is 4.23. The van der Waals surface area contributed by atoms with Crippen LogP contribution in [0.15, 0.2) is 79.1 Å². The van der Waals surface area contributed by atoms with Crippen LogP contribution < -0.4 is 10.1 Å². The van der Waals surface area contributed by atoms with Gasteiger partial charge in [0, 0.05) is 17.7 Å². The first-order chi connectivity index (χ1) is 16.7. The second-order valence-electron chi connectivity index (χ2n) is 8.37. The van der Waals surface area contributed by atoms with Crippen molar-refractivity contribution in [1.29, 1.82) is 0 Å². The van der Waals surface area contributed by atoms with E-state index in [4.69, 9.17) is 4.74 Å². The Bertz CT molecular complexity index is 1290. The van der Waals surface area contributed by atoms with Gasteiger partial charge in [-0.1, -0.05) is 48.5 Å². The number of fused-ring (bicyclic) bond motifs is 1. The first-order valence-electron chi connectivity index (χ1n) is 11.2. The molecule has 2 heterocycles. The lowest BCUT2D eigenvalue weighted by molar-refractivity contribution is -0.131. The molecule has 0 radical (unpaired) electrons. The molecule has 1 saturated heterocycles. The zero-order chi connectivity index (χ0) is 23.3.